The van der Waals surface area contributed by atoms with E-state index in [0.29, 0.717) is 19.6 Å². The number of carbonyl (C=O) groups is 1. The van der Waals surface area contributed by atoms with Gasteiger partial charge in [0, 0.05) is 55.3 Å². The molecule has 0 unspecified atom stereocenters. The molecule has 3 aromatic heterocycles. The molecule has 0 atom stereocenters. The number of aromatic hydroxyl groups is 2. The van der Waals surface area contributed by atoms with Crippen LogP contribution in [-0.2, 0) is 6.54 Å². The third-order valence-corrected chi connectivity index (χ3v) is 6.30. The number of aromatic nitrogens is 4. The molecule has 4 heterocycles. The average Bonchev–Trinajstić information content (AvgIpc) is 3.24. The standard InChI is InChI=1S/C25H26N6O3/c1-16-13-28-31-22(27-15-17-4-3-9-26-14-17)12-19(29-24(16)31)18-7-10-30(11-8-18)25(34)23-20(32)5-2-6-21(23)33/h2-6,9,12-14,18,27,32-33H,7-8,10-11,15H2,1H3. The molecule has 5 rings (SSSR count). The predicted octanol–water partition coefficient (Wildman–Crippen LogP) is 3.48. The van der Waals surface area contributed by atoms with Gasteiger partial charge < -0.3 is 20.4 Å². The maximum atomic E-state index is 12.9. The van der Waals surface area contributed by atoms with Gasteiger partial charge in [-0.1, -0.05) is 12.1 Å². The molecule has 1 aromatic carbocycles. The van der Waals surface area contributed by atoms with E-state index in [1.165, 1.54) is 18.2 Å². The number of carbonyl (C=O) groups excluding carboxylic acids is 1. The van der Waals surface area contributed by atoms with Crippen molar-refractivity contribution in [3.63, 3.8) is 0 Å². The van der Waals surface area contributed by atoms with Crippen LogP contribution in [0, 0.1) is 6.92 Å². The summed E-state index contributed by atoms with van der Waals surface area (Å²) in [5.74, 6) is 0.261. The van der Waals surface area contributed by atoms with Crippen molar-refractivity contribution in [3.05, 3.63) is 77.4 Å². The number of amides is 1. The van der Waals surface area contributed by atoms with Gasteiger partial charge in [-0.05, 0) is 43.5 Å². The Morgan fingerprint density at radius 2 is 1.88 bits per heavy atom. The van der Waals surface area contributed by atoms with Crippen molar-refractivity contribution in [2.75, 3.05) is 18.4 Å². The summed E-state index contributed by atoms with van der Waals surface area (Å²) in [5, 5.41) is 28.0. The van der Waals surface area contributed by atoms with Gasteiger partial charge in [0.1, 0.15) is 22.9 Å². The van der Waals surface area contributed by atoms with Crippen LogP contribution in [-0.4, -0.2) is 53.7 Å². The lowest BCUT2D eigenvalue weighted by Gasteiger charge is -2.32. The van der Waals surface area contributed by atoms with Crippen molar-refractivity contribution in [1.29, 1.82) is 0 Å². The summed E-state index contributed by atoms with van der Waals surface area (Å²) in [4.78, 5) is 23.6. The van der Waals surface area contributed by atoms with Gasteiger partial charge in [-0.3, -0.25) is 9.78 Å². The fraction of sp³-hybridized carbons (Fsp3) is 0.280. The Balaban J connectivity index is 1.35. The Kier molecular flexibility index (Phi) is 5.75. The Bertz CT molecular complexity index is 1310. The summed E-state index contributed by atoms with van der Waals surface area (Å²) in [5.41, 5.74) is 3.79. The second kappa shape index (κ2) is 9.01. The molecule has 0 spiro atoms. The highest BCUT2D eigenvalue weighted by Crippen LogP contribution is 2.33. The van der Waals surface area contributed by atoms with Crippen LogP contribution in [0.1, 0.15) is 45.9 Å². The largest absolute Gasteiger partial charge is 0.507 e. The minimum atomic E-state index is -0.358. The molecule has 0 bridgehead atoms. The Morgan fingerprint density at radius 1 is 1.12 bits per heavy atom. The van der Waals surface area contributed by atoms with E-state index in [1.54, 1.807) is 17.3 Å². The Hall–Kier alpha value is -4.14. The number of piperidine rings is 1. The zero-order valence-electron chi connectivity index (χ0n) is 18.8. The van der Waals surface area contributed by atoms with Crippen LogP contribution in [0.15, 0.2) is 55.0 Å². The first kappa shape index (κ1) is 21.7. The number of hydrogen-bond donors (Lipinski definition) is 3. The lowest BCUT2D eigenvalue weighted by Crippen LogP contribution is -2.38. The number of phenols is 2. The Morgan fingerprint density at radius 3 is 2.59 bits per heavy atom. The lowest BCUT2D eigenvalue weighted by molar-refractivity contribution is 0.0706. The van der Waals surface area contributed by atoms with Gasteiger partial charge in [0.15, 0.2) is 5.65 Å². The first-order valence-electron chi connectivity index (χ1n) is 11.3. The van der Waals surface area contributed by atoms with Crippen LogP contribution in [0.25, 0.3) is 5.65 Å². The molecular formula is C25H26N6O3. The zero-order valence-corrected chi connectivity index (χ0v) is 18.8. The molecule has 1 saturated heterocycles. The highest BCUT2D eigenvalue weighted by molar-refractivity contribution is 5.99. The van der Waals surface area contributed by atoms with E-state index < -0.39 is 0 Å². The molecule has 0 radical (unpaired) electrons. The highest BCUT2D eigenvalue weighted by atomic mass is 16.3. The zero-order chi connectivity index (χ0) is 23.7. The van der Waals surface area contributed by atoms with Crippen LogP contribution < -0.4 is 5.32 Å². The number of fused-ring (bicyclic) bond motifs is 1. The van der Waals surface area contributed by atoms with Crippen LogP contribution in [0.3, 0.4) is 0 Å². The molecule has 1 aliphatic heterocycles. The maximum absolute atomic E-state index is 12.9. The molecule has 0 saturated carbocycles. The number of rotatable bonds is 5. The SMILES string of the molecule is Cc1cnn2c(NCc3cccnc3)cc(C3CCN(C(=O)c4c(O)cccc4O)CC3)nc12. The number of nitrogens with one attached hydrogen (secondary N) is 1. The van der Waals surface area contributed by atoms with Crippen molar-refractivity contribution in [2.24, 2.45) is 0 Å². The van der Waals surface area contributed by atoms with Crippen molar-refractivity contribution >= 4 is 17.4 Å². The summed E-state index contributed by atoms with van der Waals surface area (Å²) >= 11 is 0. The summed E-state index contributed by atoms with van der Waals surface area (Å²) in [6, 6.07) is 10.3. The van der Waals surface area contributed by atoms with Crippen LogP contribution >= 0.6 is 0 Å². The monoisotopic (exact) mass is 458 g/mol. The molecular weight excluding hydrogens is 432 g/mol. The number of hydrogen-bond acceptors (Lipinski definition) is 7. The lowest BCUT2D eigenvalue weighted by atomic mass is 9.92. The van der Waals surface area contributed by atoms with Gasteiger partial charge >= 0.3 is 0 Å². The van der Waals surface area contributed by atoms with E-state index in [4.69, 9.17) is 4.98 Å². The molecule has 0 aliphatic carbocycles. The number of aryl methyl sites for hydroxylation is 1. The topological polar surface area (TPSA) is 116 Å². The molecule has 4 aromatic rings. The van der Waals surface area contributed by atoms with E-state index in [-0.39, 0.29) is 28.9 Å². The summed E-state index contributed by atoms with van der Waals surface area (Å²) in [7, 11) is 0. The molecule has 174 valence electrons. The van der Waals surface area contributed by atoms with Gasteiger partial charge in [-0.25, -0.2) is 4.98 Å². The molecule has 9 heteroatoms. The first-order valence-corrected chi connectivity index (χ1v) is 11.3. The maximum Gasteiger partial charge on any atom is 0.261 e. The molecule has 3 N–H and O–H groups in total. The number of anilines is 1. The summed E-state index contributed by atoms with van der Waals surface area (Å²) in [6.07, 6.45) is 6.86. The fourth-order valence-corrected chi connectivity index (χ4v) is 4.41. The number of likely N-dealkylation sites (tertiary alicyclic amines) is 1. The predicted molar refractivity (Wildman–Crippen MR) is 127 cm³/mol. The summed E-state index contributed by atoms with van der Waals surface area (Å²) < 4.78 is 1.81. The Labute approximate surface area is 196 Å². The van der Waals surface area contributed by atoms with Gasteiger partial charge in [-0.2, -0.15) is 9.61 Å². The van der Waals surface area contributed by atoms with Crippen LogP contribution in [0.5, 0.6) is 11.5 Å². The van der Waals surface area contributed by atoms with E-state index in [2.05, 4.69) is 15.4 Å². The first-order chi connectivity index (χ1) is 16.5. The van der Waals surface area contributed by atoms with Crippen LogP contribution in [0.4, 0.5) is 5.82 Å². The van der Waals surface area contributed by atoms with E-state index in [0.717, 1.165) is 41.1 Å². The quantitative estimate of drug-likeness (QED) is 0.419. The van der Waals surface area contributed by atoms with E-state index in [1.807, 2.05) is 35.8 Å². The minimum absolute atomic E-state index is 0.0442. The minimum Gasteiger partial charge on any atom is -0.507 e. The van der Waals surface area contributed by atoms with Crippen molar-refractivity contribution in [3.8, 4) is 11.5 Å². The summed E-state index contributed by atoms with van der Waals surface area (Å²) in [6.45, 7) is 3.63. The third kappa shape index (κ3) is 4.12. The molecule has 34 heavy (non-hydrogen) atoms. The van der Waals surface area contributed by atoms with Crippen molar-refractivity contribution in [1.82, 2.24) is 24.5 Å². The van der Waals surface area contributed by atoms with Crippen molar-refractivity contribution < 1.29 is 15.0 Å². The highest BCUT2D eigenvalue weighted by Gasteiger charge is 2.29. The number of pyridine rings is 1. The molecule has 1 aliphatic rings. The average molecular weight is 459 g/mol. The smallest absolute Gasteiger partial charge is 0.261 e. The van der Waals surface area contributed by atoms with Gasteiger partial charge in [0.2, 0.25) is 0 Å². The fourth-order valence-electron chi connectivity index (χ4n) is 4.41. The molecule has 1 amide bonds. The van der Waals surface area contributed by atoms with Crippen LogP contribution in [0.2, 0.25) is 0 Å². The van der Waals surface area contributed by atoms with E-state index in [9.17, 15) is 15.0 Å². The number of benzene rings is 1. The second-order valence-corrected chi connectivity index (χ2v) is 8.58. The normalized spacial score (nSPS) is 14.4. The van der Waals surface area contributed by atoms with Crippen molar-refractivity contribution in [2.45, 2.75) is 32.2 Å². The third-order valence-electron chi connectivity index (χ3n) is 6.30. The molecule has 1 fully saturated rings. The van der Waals surface area contributed by atoms with E-state index >= 15 is 0 Å². The second-order valence-electron chi connectivity index (χ2n) is 8.58. The van der Waals surface area contributed by atoms with Gasteiger partial charge in [-0.15, -0.1) is 0 Å². The van der Waals surface area contributed by atoms with Gasteiger partial charge in [0.25, 0.3) is 5.91 Å². The number of phenolic OH excluding ortho intramolecular Hbond substituents is 2. The van der Waals surface area contributed by atoms with Gasteiger partial charge in [0.05, 0.1) is 6.20 Å². The molecule has 9 nitrogen and oxygen atoms in total. The number of nitrogens with zero attached hydrogens (tertiary/aromatic N) is 5.